The molecule has 0 aliphatic heterocycles. The summed E-state index contributed by atoms with van der Waals surface area (Å²) in [7, 11) is 0. The Balaban J connectivity index is 2.11. The van der Waals surface area contributed by atoms with Gasteiger partial charge in [-0.1, -0.05) is 29.3 Å². The number of benzene rings is 1. The molecule has 16 heavy (non-hydrogen) atoms. The average molecular weight is 260 g/mol. The summed E-state index contributed by atoms with van der Waals surface area (Å²) in [6.07, 6.45) is 2.42. The number of rotatable bonds is 5. The zero-order valence-corrected chi connectivity index (χ0v) is 10.5. The fraction of sp³-hybridized carbons (Fsp3) is 0.500. The van der Waals surface area contributed by atoms with Crippen molar-refractivity contribution < 1.29 is 5.11 Å². The Morgan fingerprint density at radius 1 is 1.25 bits per heavy atom. The molecule has 2 rings (SSSR count). The molecule has 1 aliphatic carbocycles. The first-order chi connectivity index (χ1) is 7.72. The van der Waals surface area contributed by atoms with Crippen LogP contribution in [0.4, 0.5) is 0 Å². The second-order valence-electron chi connectivity index (χ2n) is 4.13. The second kappa shape index (κ2) is 5.37. The Labute approximate surface area is 106 Å². The summed E-state index contributed by atoms with van der Waals surface area (Å²) in [4.78, 5) is 2.24. The van der Waals surface area contributed by atoms with Crippen molar-refractivity contribution in [1.29, 1.82) is 0 Å². The van der Waals surface area contributed by atoms with E-state index < -0.39 is 0 Å². The zero-order valence-electron chi connectivity index (χ0n) is 9.00. The first-order valence-corrected chi connectivity index (χ1v) is 6.25. The van der Waals surface area contributed by atoms with Crippen molar-refractivity contribution in [1.82, 2.24) is 4.90 Å². The summed E-state index contributed by atoms with van der Waals surface area (Å²) in [5, 5.41) is 10.4. The van der Waals surface area contributed by atoms with Crippen LogP contribution in [0.15, 0.2) is 18.2 Å². The highest BCUT2D eigenvalue weighted by molar-refractivity contribution is 6.35. The van der Waals surface area contributed by atoms with Gasteiger partial charge in [0, 0.05) is 34.7 Å². The van der Waals surface area contributed by atoms with Gasteiger partial charge in [-0.2, -0.15) is 0 Å². The fourth-order valence-electron chi connectivity index (χ4n) is 1.85. The zero-order chi connectivity index (χ0) is 11.5. The van der Waals surface area contributed by atoms with E-state index in [-0.39, 0.29) is 6.61 Å². The van der Waals surface area contributed by atoms with Gasteiger partial charge in [0.05, 0.1) is 6.61 Å². The van der Waals surface area contributed by atoms with Crippen molar-refractivity contribution in [2.24, 2.45) is 0 Å². The minimum Gasteiger partial charge on any atom is -0.395 e. The van der Waals surface area contributed by atoms with E-state index in [1.807, 2.05) is 18.2 Å². The molecule has 0 radical (unpaired) electrons. The Hall–Kier alpha value is -0.280. The molecule has 0 spiro atoms. The monoisotopic (exact) mass is 259 g/mol. The second-order valence-corrected chi connectivity index (χ2v) is 4.94. The third-order valence-electron chi connectivity index (χ3n) is 2.87. The molecule has 1 aromatic rings. The highest BCUT2D eigenvalue weighted by Crippen LogP contribution is 2.31. The first kappa shape index (κ1) is 12.2. The maximum absolute atomic E-state index is 9.02. The Morgan fingerprint density at radius 3 is 2.38 bits per heavy atom. The highest BCUT2D eigenvalue weighted by Gasteiger charge is 2.29. The van der Waals surface area contributed by atoms with E-state index in [9.17, 15) is 0 Å². The van der Waals surface area contributed by atoms with E-state index in [1.165, 1.54) is 12.8 Å². The normalized spacial score (nSPS) is 15.8. The molecule has 1 fully saturated rings. The smallest absolute Gasteiger partial charge is 0.0558 e. The molecule has 1 aliphatic rings. The molecule has 1 saturated carbocycles. The average Bonchev–Trinajstić information content (AvgIpc) is 3.06. The van der Waals surface area contributed by atoms with Crippen LogP contribution in [-0.2, 0) is 6.54 Å². The van der Waals surface area contributed by atoms with E-state index in [2.05, 4.69) is 4.90 Å². The lowest BCUT2D eigenvalue weighted by atomic mass is 10.2. The maximum atomic E-state index is 9.02. The lowest BCUT2D eigenvalue weighted by Crippen LogP contribution is -2.28. The van der Waals surface area contributed by atoms with Crippen molar-refractivity contribution in [3.63, 3.8) is 0 Å². The van der Waals surface area contributed by atoms with Crippen LogP contribution in [0.3, 0.4) is 0 Å². The molecule has 0 amide bonds. The van der Waals surface area contributed by atoms with Gasteiger partial charge in [0.15, 0.2) is 0 Å². The molecule has 0 atom stereocenters. The Kier molecular flexibility index (Phi) is 4.09. The number of aliphatic hydroxyl groups is 1. The van der Waals surface area contributed by atoms with Gasteiger partial charge in [-0.15, -0.1) is 0 Å². The first-order valence-electron chi connectivity index (χ1n) is 5.50. The van der Waals surface area contributed by atoms with E-state index in [1.54, 1.807) is 0 Å². The molecule has 0 saturated heterocycles. The van der Waals surface area contributed by atoms with Gasteiger partial charge in [-0.05, 0) is 25.0 Å². The summed E-state index contributed by atoms with van der Waals surface area (Å²) in [5.41, 5.74) is 0.964. The summed E-state index contributed by atoms with van der Waals surface area (Å²) >= 11 is 12.3. The largest absolute Gasteiger partial charge is 0.395 e. The van der Waals surface area contributed by atoms with Gasteiger partial charge in [0.1, 0.15) is 0 Å². The van der Waals surface area contributed by atoms with E-state index in [0.717, 1.165) is 12.1 Å². The topological polar surface area (TPSA) is 23.5 Å². The fourth-order valence-corrected chi connectivity index (χ4v) is 2.36. The van der Waals surface area contributed by atoms with Gasteiger partial charge in [-0.25, -0.2) is 0 Å². The molecule has 0 bridgehead atoms. The molecule has 1 N–H and O–H groups in total. The molecule has 0 unspecified atom stereocenters. The summed E-state index contributed by atoms with van der Waals surface area (Å²) in [6.45, 7) is 1.59. The lowest BCUT2D eigenvalue weighted by Gasteiger charge is -2.22. The third kappa shape index (κ3) is 2.89. The molecular formula is C12H15Cl2NO. The number of nitrogens with zero attached hydrogens (tertiary/aromatic N) is 1. The SMILES string of the molecule is OCCN(Cc1c(Cl)cccc1Cl)C1CC1. The van der Waals surface area contributed by atoms with Gasteiger partial charge >= 0.3 is 0 Å². The predicted molar refractivity (Wildman–Crippen MR) is 67.0 cm³/mol. The molecule has 0 aromatic heterocycles. The number of aliphatic hydroxyl groups excluding tert-OH is 1. The van der Waals surface area contributed by atoms with E-state index >= 15 is 0 Å². The highest BCUT2D eigenvalue weighted by atomic mass is 35.5. The predicted octanol–water partition coefficient (Wildman–Crippen LogP) is 2.95. The van der Waals surface area contributed by atoms with Crippen LogP contribution in [0, 0.1) is 0 Å². The quantitative estimate of drug-likeness (QED) is 0.879. The summed E-state index contributed by atoms with van der Waals surface area (Å²) in [5.74, 6) is 0. The van der Waals surface area contributed by atoms with Crippen LogP contribution < -0.4 is 0 Å². The van der Waals surface area contributed by atoms with E-state index in [0.29, 0.717) is 22.6 Å². The number of halogens is 2. The van der Waals surface area contributed by atoms with Crippen molar-refractivity contribution >= 4 is 23.2 Å². The van der Waals surface area contributed by atoms with Gasteiger partial charge in [-0.3, -0.25) is 4.90 Å². The van der Waals surface area contributed by atoms with Crippen LogP contribution >= 0.6 is 23.2 Å². The van der Waals surface area contributed by atoms with Crippen LogP contribution in [0.5, 0.6) is 0 Å². The van der Waals surface area contributed by atoms with Crippen LogP contribution in [0.1, 0.15) is 18.4 Å². The molecule has 0 heterocycles. The van der Waals surface area contributed by atoms with Crippen LogP contribution in [-0.4, -0.2) is 29.2 Å². The van der Waals surface area contributed by atoms with Gasteiger partial charge in [0.2, 0.25) is 0 Å². The molecule has 4 heteroatoms. The maximum Gasteiger partial charge on any atom is 0.0558 e. The van der Waals surface area contributed by atoms with Crippen LogP contribution in [0.2, 0.25) is 10.0 Å². The number of hydrogen-bond donors (Lipinski definition) is 1. The van der Waals surface area contributed by atoms with Crippen molar-refractivity contribution in [3.8, 4) is 0 Å². The summed E-state index contributed by atoms with van der Waals surface area (Å²) < 4.78 is 0. The number of hydrogen-bond acceptors (Lipinski definition) is 2. The van der Waals surface area contributed by atoms with E-state index in [4.69, 9.17) is 28.3 Å². The lowest BCUT2D eigenvalue weighted by molar-refractivity contribution is 0.183. The Morgan fingerprint density at radius 2 is 1.88 bits per heavy atom. The van der Waals surface area contributed by atoms with Crippen molar-refractivity contribution in [3.05, 3.63) is 33.8 Å². The third-order valence-corrected chi connectivity index (χ3v) is 3.58. The molecule has 88 valence electrons. The molecular weight excluding hydrogens is 245 g/mol. The van der Waals surface area contributed by atoms with Crippen molar-refractivity contribution in [2.75, 3.05) is 13.2 Å². The van der Waals surface area contributed by atoms with Gasteiger partial charge in [0.25, 0.3) is 0 Å². The minimum atomic E-state index is 0.179. The van der Waals surface area contributed by atoms with Crippen molar-refractivity contribution in [2.45, 2.75) is 25.4 Å². The Bertz CT molecular complexity index is 346. The molecule has 2 nitrogen and oxygen atoms in total. The van der Waals surface area contributed by atoms with Crippen LogP contribution in [0.25, 0.3) is 0 Å². The van der Waals surface area contributed by atoms with Gasteiger partial charge < -0.3 is 5.11 Å². The standard InChI is InChI=1S/C12H15Cl2NO/c13-11-2-1-3-12(14)10(11)8-15(6-7-16)9-4-5-9/h1-3,9,16H,4-8H2. The minimum absolute atomic E-state index is 0.179. The molecule has 1 aromatic carbocycles. The summed E-state index contributed by atoms with van der Waals surface area (Å²) in [6, 6.07) is 6.15.